The van der Waals surface area contributed by atoms with Gasteiger partial charge in [0.2, 0.25) is 11.8 Å². The van der Waals surface area contributed by atoms with E-state index in [9.17, 15) is 0 Å². The van der Waals surface area contributed by atoms with Gasteiger partial charge in [0.1, 0.15) is 5.75 Å². The van der Waals surface area contributed by atoms with Crippen molar-refractivity contribution in [3.63, 3.8) is 0 Å². The van der Waals surface area contributed by atoms with Crippen LogP contribution in [0.15, 0.2) is 30.3 Å². The van der Waals surface area contributed by atoms with E-state index in [4.69, 9.17) is 15.2 Å². The molecule has 0 saturated heterocycles. The first-order valence-corrected chi connectivity index (χ1v) is 5.54. The molecule has 0 fully saturated rings. The van der Waals surface area contributed by atoms with Gasteiger partial charge in [-0.05, 0) is 24.6 Å². The number of nitrogens with zero attached hydrogens (tertiary/aromatic N) is 2. The molecule has 0 radical (unpaired) electrons. The minimum absolute atomic E-state index is 0.207. The molecule has 94 valence electrons. The quantitative estimate of drug-likeness (QED) is 0.895. The molecule has 18 heavy (non-hydrogen) atoms. The van der Waals surface area contributed by atoms with Crippen molar-refractivity contribution in [3.05, 3.63) is 41.6 Å². The van der Waals surface area contributed by atoms with Crippen molar-refractivity contribution in [2.75, 3.05) is 12.8 Å². The maximum atomic E-state index is 5.64. The molecule has 2 N–H and O–H groups in total. The fourth-order valence-corrected chi connectivity index (χ4v) is 1.60. The zero-order chi connectivity index (χ0) is 13.0. The summed E-state index contributed by atoms with van der Waals surface area (Å²) in [6, 6.07) is 9.36. The summed E-state index contributed by atoms with van der Waals surface area (Å²) in [6.07, 6.45) is 0. The largest absolute Gasteiger partial charge is 0.439 e. The number of aromatic nitrogens is 2. The lowest BCUT2D eigenvalue weighted by atomic mass is 10.2. The Kier molecular flexibility index (Phi) is 3.74. The van der Waals surface area contributed by atoms with Crippen LogP contribution in [0, 0.1) is 6.92 Å². The first-order chi connectivity index (χ1) is 8.67. The van der Waals surface area contributed by atoms with E-state index in [2.05, 4.69) is 9.97 Å². The second kappa shape index (κ2) is 5.46. The third kappa shape index (κ3) is 3.18. The number of anilines is 1. The van der Waals surface area contributed by atoms with Crippen molar-refractivity contribution in [1.82, 2.24) is 9.97 Å². The van der Waals surface area contributed by atoms with E-state index in [1.54, 1.807) is 13.2 Å². The van der Waals surface area contributed by atoms with E-state index >= 15 is 0 Å². The molecule has 0 spiro atoms. The summed E-state index contributed by atoms with van der Waals surface area (Å²) >= 11 is 0. The number of methoxy groups -OCH3 is 1. The van der Waals surface area contributed by atoms with Crippen LogP contribution in [-0.4, -0.2) is 17.1 Å². The molecule has 5 heteroatoms. The molecule has 0 aliphatic heterocycles. The molecule has 0 atom stereocenters. The predicted molar refractivity (Wildman–Crippen MR) is 68.4 cm³/mol. The molecule has 2 rings (SSSR count). The van der Waals surface area contributed by atoms with Gasteiger partial charge in [-0.15, -0.1) is 0 Å². The van der Waals surface area contributed by atoms with Gasteiger partial charge in [0.25, 0.3) is 0 Å². The van der Waals surface area contributed by atoms with Gasteiger partial charge in [0.15, 0.2) is 0 Å². The van der Waals surface area contributed by atoms with Crippen LogP contribution in [-0.2, 0) is 11.3 Å². The highest BCUT2D eigenvalue weighted by atomic mass is 16.5. The number of ether oxygens (including phenoxy) is 2. The summed E-state index contributed by atoms with van der Waals surface area (Å²) in [7, 11) is 1.65. The number of hydrogen-bond donors (Lipinski definition) is 1. The number of nitrogens with two attached hydrogens (primary N) is 1. The Morgan fingerprint density at radius 2 is 2.06 bits per heavy atom. The average Bonchev–Trinajstić information content (AvgIpc) is 2.28. The number of hydrogen-bond acceptors (Lipinski definition) is 5. The van der Waals surface area contributed by atoms with Gasteiger partial charge in [-0.1, -0.05) is 12.1 Å². The normalized spacial score (nSPS) is 10.3. The first kappa shape index (κ1) is 12.3. The lowest BCUT2D eigenvalue weighted by Gasteiger charge is -2.07. The van der Waals surface area contributed by atoms with Gasteiger partial charge in [-0.3, -0.25) is 0 Å². The first-order valence-electron chi connectivity index (χ1n) is 5.54. The molecule has 0 aliphatic carbocycles. The lowest BCUT2D eigenvalue weighted by molar-refractivity contribution is 0.184. The standard InChI is InChI=1S/C13H15N3O2/c1-9-6-12(16-13(14)15-9)18-11-5-3-4-10(7-11)8-17-2/h3-7H,8H2,1-2H3,(H2,14,15,16). The Morgan fingerprint density at radius 1 is 1.22 bits per heavy atom. The van der Waals surface area contributed by atoms with Crippen molar-refractivity contribution in [1.29, 1.82) is 0 Å². The zero-order valence-corrected chi connectivity index (χ0v) is 10.4. The molecule has 0 aliphatic rings. The topological polar surface area (TPSA) is 70.3 Å². The van der Waals surface area contributed by atoms with Crippen molar-refractivity contribution >= 4 is 5.95 Å². The highest BCUT2D eigenvalue weighted by molar-refractivity contribution is 5.33. The predicted octanol–water partition coefficient (Wildman–Crippen LogP) is 2.31. The van der Waals surface area contributed by atoms with Crippen molar-refractivity contribution < 1.29 is 9.47 Å². The average molecular weight is 245 g/mol. The van der Waals surface area contributed by atoms with E-state index < -0.39 is 0 Å². The van der Waals surface area contributed by atoms with Crippen molar-refractivity contribution in [2.45, 2.75) is 13.5 Å². The summed E-state index contributed by atoms with van der Waals surface area (Å²) < 4.78 is 10.7. The highest BCUT2D eigenvalue weighted by Gasteiger charge is 2.03. The van der Waals surface area contributed by atoms with E-state index in [0.717, 1.165) is 11.3 Å². The molecule has 2 aromatic rings. The van der Waals surface area contributed by atoms with Crippen molar-refractivity contribution in [2.24, 2.45) is 0 Å². The smallest absolute Gasteiger partial charge is 0.224 e. The Bertz CT molecular complexity index is 523. The van der Waals surface area contributed by atoms with Gasteiger partial charge in [0, 0.05) is 18.9 Å². The van der Waals surface area contributed by atoms with E-state index in [1.165, 1.54) is 0 Å². The molecule has 0 bridgehead atoms. The number of rotatable bonds is 4. The van der Waals surface area contributed by atoms with Crippen LogP contribution < -0.4 is 10.5 Å². The van der Waals surface area contributed by atoms with Gasteiger partial charge in [-0.25, -0.2) is 4.98 Å². The minimum Gasteiger partial charge on any atom is -0.439 e. The molecule has 1 heterocycles. The van der Waals surface area contributed by atoms with Crippen LogP contribution >= 0.6 is 0 Å². The number of aryl methyl sites for hydroxylation is 1. The van der Waals surface area contributed by atoms with E-state index in [-0.39, 0.29) is 5.95 Å². The SMILES string of the molecule is COCc1cccc(Oc2cc(C)nc(N)n2)c1. The van der Waals surface area contributed by atoms with Crippen LogP contribution in [0.3, 0.4) is 0 Å². The second-order valence-electron chi connectivity index (χ2n) is 3.89. The molecule has 5 nitrogen and oxygen atoms in total. The second-order valence-corrected chi connectivity index (χ2v) is 3.89. The maximum Gasteiger partial charge on any atom is 0.224 e. The molecular weight excluding hydrogens is 230 g/mol. The third-order valence-electron chi connectivity index (χ3n) is 2.28. The monoisotopic (exact) mass is 245 g/mol. The van der Waals surface area contributed by atoms with E-state index in [1.807, 2.05) is 31.2 Å². The lowest BCUT2D eigenvalue weighted by Crippen LogP contribution is -1.99. The Labute approximate surface area is 106 Å². The van der Waals surface area contributed by atoms with Gasteiger partial charge in [-0.2, -0.15) is 4.98 Å². The Balaban J connectivity index is 2.20. The zero-order valence-electron chi connectivity index (χ0n) is 10.4. The summed E-state index contributed by atoms with van der Waals surface area (Å²) in [5, 5.41) is 0. The Morgan fingerprint density at radius 3 is 2.78 bits per heavy atom. The van der Waals surface area contributed by atoms with E-state index in [0.29, 0.717) is 18.2 Å². The van der Waals surface area contributed by atoms with Crippen LogP contribution in [0.4, 0.5) is 5.95 Å². The molecule has 0 unspecified atom stereocenters. The number of benzene rings is 1. The maximum absolute atomic E-state index is 5.64. The summed E-state index contributed by atoms with van der Waals surface area (Å²) in [6.45, 7) is 2.38. The Hall–Kier alpha value is -2.14. The summed E-state index contributed by atoms with van der Waals surface area (Å²) in [5.41, 5.74) is 7.37. The molecule has 1 aromatic heterocycles. The minimum atomic E-state index is 0.207. The van der Waals surface area contributed by atoms with Crippen LogP contribution in [0.2, 0.25) is 0 Å². The van der Waals surface area contributed by atoms with Gasteiger partial charge in [0.05, 0.1) is 6.61 Å². The fraction of sp³-hybridized carbons (Fsp3) is 0.231. The molecule has 1 aromatic carbocycles. The highest BCUT2D eigenvalue weighted by Crippen LogP contribution is 2.21. The number of nitrogen functional groups attached to an aromatic ring is 1. The molecular formula is C13H15N3O2. The molecule has 0 amide bonds. The van der Waals surface area contributed by atoms with Gasteiger partial charge >= 0.3 is 0 Å². The third-order valence-corrected chi connectivity index (χ3v) is 2.28. The van der Waals surface area contributed by atoms with Crippen LogP contribution in [0.5, 0.6) is 11.6 Å². The van der Waals surface area contributed by atoms with Gasteiger partial charge < -0.3 is 15.2 Å². The summed E-state index contributed by atoms with van der Waals surface area (Å²) in [5.74, 6) is 1.34. The molecule has 0 saturated carbocycles. The van der Waals surface area contributed by atoms with Crippen LogP contribution in [0.1, 0.15) is 11.3 Å². The van der Waals surface area contributed by atoms with Crippen molar-refractivity contribution in [3.8, 4) is 11.6 Å². The summed E-state index contributed by atoms with van der Waals surface area (Å²) in [4.78, 5) is 8.01. The van der Waals surface area contributed by atoms with Crippen LogP contribution in [0.25, 0.3) is 0 Å². The fourth-order valence-electron chi connectivity index (χ4n) is 1.60.